The van der Waals surface area contributed by atoms with Crippen LogP contribution in [0, 0.1) is 5.92 Å². The number of carbonyl (C=O) groups excluding carboxylic acids is 2. The summed E-state index contributed by atoms with van der Waals surface area (Å²) in [5.74, 6) is -0.537. The van der Waals surface area contributed by atoms with E-state index in [0.717, 1.165) is 0 Å². The molecule has 0 saturated heterocycles. The van der Waals surface area contributed by atoms with Crippen molar-refractivity contribution in [1.82, 2.24) is 0 Å². The van der Waals surface area contributed by atoms with Crippen molar-refractivity contribution in [3.63, 3.8) is 0 Å². The van der Waals surface area contributed by atoms with Gasteiger partial charge in [0, 0.05) is 18.4 Å². The molecule has 1 spiro atoms. The summed E-state index contributed by atoms with van der Waals surface area (Å²) >= 11 is 12.6. The highest BCUT2D eigenvalue weighted by atomic mass is 35.5. The molecule has 0 fully saturated rings. The van der Waals surface area contributed by atoms with Crippen LogP contribution in [0.25, 0.3) is 0 Å². The van der Waals surface area contributed by atoms with Crippen LogP contribution in [0.3, 0.4) is 0 Å². The van der Waals surface area contributed by atoms with E-state index in [0.29, 0.717) is 0 Å². The zero-order valence-electron chi connectivity index (χ0n) is 14.1. The Morgan fingerprint density at radius 3 is 2.28 bits per heavy atom. The Morgan fingerprint density at radius 2 is 1.72 bits per heavy atom. The second-order valence-corrected chi connectivity index (χ2v) is 6.61. The van der Waals surface area contributed by atoms with Gasteiger partial charge in [-0.2, -0.15) is 0 Å². The van der Waals surface area contributed by atoms with Crippen LogP contribution in [-0.4, -0.2) is 38.5 Å². The van der Waals surface area contributed by atoms with Crippen LogP contribution >= 0.6 is 23.2 Å². The number of methoxy groups -OCH3 is 3. The van der Waals surface area contributed by atoms with Crippen LogP contribution in [0.2, 0.25) is 10.0 Å². The molecule has 2 atom stereocenters. The van der Waals surface area contributed by atoms with E-state index in [1.54, 1.807) is 6.92 Å². The van der Waals surface area contributed by atoms with Crippen molar-refractivity contribution in [2.24, 2.45) is 5.92 Å². The van der Waals surface area contributed by atoms with Gasteiger partial charge in [0.15, 0.2) is 28.8 Å². The molecule has 1 aliphatic carbocycles. The monoisotopic (exact) mass is 386 g/mol. The maximum atomic E-state index is 13.3. The Morgan fingerprint density at radius 1 is 1.08 bits per heavy atom. The van der Waals surface area contributed by atoms with E-state index < -0.39 is 17.3 Å². The predicted molar refractivity (Wildman–Crippen MR) is 91.1 cm³/mol. The van der Waals surface area contributed by atoms with Crippen molar-refractivity contribution < 1.29 is 28.5 Å². The molecule has 0 saturated carbocycles. The molecule has 2 aliphatic rings. The summed E-state index contributed by atoms with van der Waals surface area (Å²) in [7, 11) is 4.16. The molecular formula is C17H16Cl2O6. The molecule has 134 valence electrons. The van der Waals surface area contributed by atoms with Crippen molar-refractivity contribution in [2.75, 3.05) is 21.3 Å². The summed E-state index contributed by atoms with van der Waals surface area (Å²) < 4.78 is 21.9. The number of carbonyl (C=O) groups is 2. The number of rotatable bonds is 3. The summed E-state index contributed by atoms with van der Waals surface area (Å²) in [4.78, 5) is 25.2. The molecule has 1 aromatic carbocycles. The summed E-state index contributed by atoms with van der Waals surface area (Å²) in [6, 6.07) is 0. The van der Waals surface area contributed by atoms with Crippen LogP contribution in [0.15, 0.2) is 11.8 Å². The van der Waals surface area contributed by atoms with E-state index in [-0.39, 0.29) is 50.8 Å². The molecule has 6 nitrogen and oxygen atoms in total. The third-order valence-electron chi connectivity index (χ3n) is 4.57. The first-order chi connectivity index (χ1) is 11.8. The summed E-state index contributed by atoms with van der Waals surface area (Å²) in [5.41, 5.74) is -1.38. The lowest BCUT2D eigenvalue weighted by atomic mass is 9.75. The zero-order chi connectivity index (χ0) is 18.5. The Bertz CT molecular complexity index is 816. The number of Topliss-reactive ketones (excluding diaryl/α,β-unsaturated/α-hetero) is 1. The molecule has 1 aliphatic heterocycles. The molecule has 1 aromatic rings. The topological polar surface area (TPSA) is 71.1 Å². The fraction of sp³-hybridized carbons (Fsp3) is 0.412. The van der Waals surface area contributed by atoms with Gasteiger partial charge in [-0.1, -0.05) is 30.1 Å². The lowest BCUT2D eigenvalue weighted by molar-refractivity contribution is -0.118. The van der Waals surface area contributed by atoms with Crippen molar-refractivity contribution in [3.8, 4) is 17.2 Å². The number of hydrogen-bond donors (Lipinski definition) is 0. The van der Waals surface area contributed by atoms with Gasteiger partial charge in [-0.05, 0) is 0 Å². The highest BCUT2D eigenvalue weighted by Crippen LogP contribution is 2.57. The molecule has 0 radical (unpaired) electrons. The van der Waals surface area contributed by atoms with E-state index in [1.807, 2.05) is 0 Å². The SMILES string of the molecule is COC1=CC(=O)CC(C)C12Oc1c(Cl)c(OC)c(Cl)c(OC)c1C2=O. The van der Waals surface area contributed by atoms with Crippen LogP contribution in [0.5, 0.6) is 17.2 Å². The number of ketones is 2. The summed E-state index contributed by atoms with van der Waals surface area (Å²) in [6.45, 7) is 1.74. The standard InChI is InChI=1S/C17H16Cl2O6/c1-7-5-8(20)6-9(22-2)17(7)16(21)10-13(23-3)11(18)15(24-4)12(19)14(10)25-17/h6-7H,5H2,1-4H3. The molecule has 0 amide bonds. The number of benzene rings is 1. The van der Waals surface area contributed by atoms with Gasteiger partial charge in [-0.25, -0.2) is 0 Å². The molecule has 8 heteroatoms. The largest absolute Gasteiger partial charge is 0.496 e. The Balaban J connectivity index is 2.31. The smallest absolute Gasteiger partial charge is 0.231 e. The number of ether oxygens (including phenoxy) is 4. The first-order valence-electron chi connectivity index (χ1n) is 7.49. The summed E-state index contributed by atoms with van der Waals surface area (Å²) in [6.07, 6.45) is 1.42. The average molecular weight is 387 g/mol. The quantitative estimate of drug-likeness (QED) is 0.791. The number of hydrogen-bond acceptors (Lipinski definition) is 6. The van der Waals surface area contributed by atoms with E-state index >= 15 is 0 Å². The Kier molecular flexibility index (Phi) is 4.37. The zero-order valence-corrected chi connectivity index (χ0v) is 15.6. The molecular weight excluding hydrogens is 371 g/mol. The lowest BCUT2D eigenvalue weighted by Gasteiger charge is -2.36. The molecule has 0 bridgehead atoms. The predicted octanol–water partition coefficient (Wildman–Crippen LogP) is 3.46. The van der Waals surface area contributed by atoms with Crippen LogP contribution < -0.4 is 14.2 Å². The molecule has 25 heavy (non-hydrogen) atoms. The molecule has 0 N–H and O–H groups in total. The van der Waals surface area contributed by atoms with Gasteiger partial charge in [-0.15, -0.1) is 0 Å². The second kappa shape index (κ2) is 6.11. The van der Waals surface area contributed by atoms with Crippen molar-refractivity contribution in [3.05, 3.63) is 27.4 Å². The van der Waals surface area contributed by atoms with E-state index in [4.69, 9.17) is 42.1 Å². The maximum Gasteiger partial charge on any atom is 0.231 e. The molecule has 3 rings (SSSR count). The fourth-order valence-corrected chi connectivity index (χ4v) is 4.09. The third-order valence-corrected chi connectivity index (χ3v) is 5.25. The van der Waals surface area contributed by atoms with Crippen molar-refractivity contribution >= 4 is 34.8 Å². The average Bonchev–Trinajstić information content (AvgIpc) is 2.87. The molecule has 1 heterocycles. The number of halogens is 2. The minimum Gasteiger partial charge on any atom is -0.496 e. The van der Waals surface area contributed by atoms with Gasteiger partial charge in [0.25, 0.3) is 0 Å². The third kappa shape index (κ3) is 2.24. The minimum absolute atomic E-state index is 0.0630. The van der Waals surface area contributed by atoms with Gasteiger partial charge in [0.2, 0.25) is 11.4 Å². The Hall–Kier alpha value is -1.92. The lowest BCUT2D eigenvalue weighted by Crippen LogP contribution is -2.51. The highest BCUT2D eigenvalue weighted by molar-refractivity contribution is 6.41. The number of allylic oxidation sites excluding steroid dienone is 1. The van der Waals surface area contributed by atoms with Gasteiger partial charge >= 0.3 is 0 Å². The van der Waals surface area contributed by atoms with Crippen LogP contribution in [0.4, 0.5) is 0 Å². The van der Waals surface area contributed by atoms with Crippen molar-refractivity contribution in [1.29, 1.82) is 0 Å². The van der Waals surface area contributed by atoms with Gasteiger partial charge < -0.3 is 18.9 Å². The van der Waals surface area contributed by atoms with E-state index in [1.165, 1.54) is 27.4 Å². The molecule has 0 aromatic heterocycles. The normalized spacial score (nSPS) is 24.7. The van der Waals surface area contributed by atoms with Gasteiger partial charge in [0.05, 0.1) is 21.3 Å². The van der Waals surface area contributed by atoms with Crippen LogP contribution in [-0.2, 0) is 9.53 Å². The van der Waals surface area contributed by atoms with Gasteiger partial charge in [0.1, 0.15) is 15.6 Å². The summed E-state index contributed by atoms with van der Waals surface area (Å²) in [5, 5.41) is 0.137. The van der Waals surface area contributed by atoms with Crippen LogP contribution in [0.1, 0.15) is 23.7 Å². The highest BCUT2D eigenvalue weighted by Gasteiger charge is 2.60. The van der Waals surface area contributed by atoms with Crippen molar-refractivity contribution in [2.45, 2.75) is 18.9 Å². The Labute approximate surface area is 154 Å². The second-order valence-electron chi connectivity index (χ2n) is 5.85. The van der Waals surface area contributed by atoms with E-state index in [2.05, 4.69) is 0 Å². The molecule has 2 unspecified atom stereocenters. The number of fused-ring (bicyclic) bond motifs is 1. The fourth-order valence-electron chi connectivity index (χ4n) is 3.39. The van der Waals surface area contributed by atoms with Gasteiger partial charge in [-0.3, -0.25) is 9.59 Å². The maximum absolute atomic E-state index is 13.3. The first kappa shape index (κ1) is 17.9. The first-order valence-corrected chi connectivity index (χ1v) is 8.24. The minimum atomic E-state index is -1.49. The van der Waals surface area contributed by atoms with E-state index in [9.17, 15) is 9.59 Å².